The van der Waals surface area contributed by atoms with Crippen LogP contribution in [0.3, 0.4) is 0 Å². The van der Waals surface area contributed by atoms with Gasteiger partial charge < -0.3 is 14.7 Å². The lowest BCUT2D eigenvalue weighted by Crippen LogP contribution is -2.58. The van der Waals surface area contributed by atoms with E-state index >= 15 is 0 Å². The Morgan fingerprint density at radius 3 is 2.73 bits per heavy atom. The van der Waals surface area contributed by atoms with Gasteiger partial charge >= 0.3 is 0 Å². The van der Waals surface area contributed by atoms with Crippen LogP contribution in [0.1, 0.15) is 41.1 Å². The van der Waals surface area contributed by atoms with Gasteiger partial charge in [-0.15, -0.1) is 0 Å². The molecule has 2 atom stereocenters. The van der Waals surface area contributed by atoms with E-state index in [-0.39, 0.29) is 30.1 Å². The Morgan fingerprint density at radius 2 is 1.96 bits per heavy atom. The second kappa shape index (κ2) is 7.29. The highest BCUT2D eigenvalue weighted by atomic mass is 35.5. The number of likely N-dealkylation sites (tertiary alicyclic amines) is 1. The van der Waals surface area contributed by atoms with Gasteiger partial charge in [-0.2, -0.15) is 0 Å². The second-order valence-corrected chi connectivity index (χ2v) is 8.30. The van der Waals surface area contributed by atoms with Crippen molar-refractivity contribution in [2.45, 2.75) is 31.2 Å². The van der Waals surface area contributed by atoms with Gasteiger partial charge in [0.15, 0.2) is 5.78 Å². The van der Waals surface area contributed by atoms with Gasteiger partial charge in [-0.25, -0.2) is 0 Å². The van der Waals surface area contributed by atoms with Crippen molar-refractivity contribution in [2.24, 2.45) is 0 Å². The molecule has 0 N–H and O–H groups in total. The predicted molar refractivity (Wildman–Crippen MR) is 102 cm³/mol. The first-order valence-electron chi connectivity index (χ1n) is 9.57. The van der Waals surface area contributed by atoms with E-state index in [0.717, 1.165) is 44.8 Å². The van der Waals surface area contributed by atoms with Crippen LogP contribution in [0.5, 0.6) is 0 Å². The highest BCUT2D eigenvalue weighted by Crippen LogP contribution is 2.36. The topological polar surface area (TPSA) is 43.9 Å². The van der Waals surface area contributed by atoms with Crippen LogP contribution in [0.2, 0.25) is 5.02 Å². The fourth-order valence-electron chi connectivity index (χ4n) is 4.62. The monoisotopic (exact) mass is 375 g/mol. The molecular weight excluding hydrogens is 350 g/mol. The van der Waals surface area contributed by atoms with Crippen LogP contribution >= 0.6 is 11.6 Å². The number of amides is 1. The molecule has 5 nitrogen and oxygen atoms in total. The first kappa shape index (κ1) is 18.0. The minimum atomic E-state index is -0.348. The molecule has 2 aliphatic heterocycles. The van der Waals surface area contributed by atoms with Crippen LogP contribution in [-0.4, -0.2) is 78.7 Å². The van der Waals surface area contributed by atoms with Crippen LogP contribution in [0.15, 0.2) is 18.2 Å². The Kier molecular flexibility index (Phi) is 5.04. The molecule has 2 fully saturated rings. The first-order valence-corrected chi connectivity index (χ1v) is 9.95. The third-order valence-electron chi connectivity index (χ3n) is 6.02. The Morgan fingerprint density at radius 1 is 1.19 bits per heavy atom. The molecule has 0 bridgehead atoms. The van der Waals surface area contributed by atoms with Crippen molar-refractivity contribution in [1.29, 1.82) is 0 Å². The summed E-state index contributed by atoms with van der Waals surface area (Å²) >= 11 is 6.04. The van der Waals surface area contributed by atoms with Gasteiger partial charge in [-0.05, 0) is 50.7 Å². The molecule has 1 amide bonds. The average Bonchev–Trinajstić information content (AvgIpc) is 3.23. The third-order valence-corrected chi connectivity index (χ3v) is 6.25. The summed E-state index contributed by atoms with van der Waals surface area (Å²) < 4.78 is 0. The van der Waals surface area contributed by atoms with E-state index in [1.807, 2.05) is 11.0 Å². The van der Waals surface area contributed by atoms with Gasteiger partial charge in [0.25, 0.3) is 0 Å². The number of halogens is 1. The predicted octanol–water partition coefficient (Wildman–Crippen LogP) is 2.25. The normalized spacial score (nSPS) is 27.2. The third kappa shape index (κ3) is 3.40. The number of carbonyl (C=O) groups excluding carboxylic acids is 2. The SMILES string of the molecule is CN1CCN(C(=O)C2CC(=O)c3cc(Cl)ccc32)C(CN2CCCC2)C1. The Balaban J connectivity index is 1.55. The lowest BCUT2D eigenvalue weighted by atomic mass is 9.98. The molecule has 2 heterocycles. The summed E-state index contributed by atoms with van der Waals surface area (Å²) in [4.78, 5) is 32.6. The summed E-state index contributed by atoms with van der Waals surface area (Å²) in [6.45, 7) is 5.72. The molecule has 2 unspecified atom stereocenters. The molecule has 1 aliphatic carbocycles. The summed E-state index contributed by atoms with van der Waals surface area (Å²) in [5.41, 5.74) is 1.48. The Labute approximate surface area is 159 Å². The standard InChI is InChI=1S/C20H26ClN3O2/c1-22-8-9-24(15(12-22)13-23-6-2-3-7-23)20(26)18-11-19(25)17-10-14(21)4-5-16(17)18/h4-5,10,15,18H,2-3,6-9,11-13H2,1H3. The number of nitrogens with zero attached hydrogens (tertiary/aromatic N) is 3. The van der Waals surface area contributed by atoms with Crippen molar-refractivity contribution in [3.05, 3.63) is 34.3 Å². The van der Waals surface area contributed by atoms with Crippen LogP contribution in [0, 0.1) is 0 Å². The fourth-order valence-corrected chi connectivity index (χ4v) is 4.79. The summed E-state index contributed by atoms with van der Waals surface area (Å²) in [5, 5.41) is 0.553. The van der Waals surface area contributed by atoms with E-state index in [0.29, 0.717) is 10.6 Å². The average molecular weight is 376 g/mol. The van der Waals surface area contributed by atoms with E-state index in [9.17, 15) is 9.59 Å². The van der Waals surface area contributed by atoms with Crippen molar-refractivity contribution < 1.29 is 9.59 Å². The lowest BCUT2D eigenvalue weighted by molar-refractivity contribution is -0.138. The molecule has 6 heteroatoms. The maximum atomic E-state index is 13.4. The van der Waals surface area contributed by atoms with Gasteiger partial charge in [0.1, 0.15) is 0 Å². The maximum Gasteiger partial charge on any atom is 0.230 e. The minimum Gasteiger partial charge on any atom is -0.335 e. The van der Waals surface area contributed by atoms with Crippen molar-refractivity contribution in [1.82, 2.24) is 14.7 Å². The zero-order valence-corrected chi connectivity index (χ0v) is 16.0. The summed E-state index contributed by atoms with van der Waals surface area (Å²) in [6.07, 6.45) is 2.78. The number of fused-ring (bicyclic) bond motifs is 1. The molecule has 0 spiro atoms. The molecule has 1 aromatic carbocycles. The smallest absolute Gasteiger partial charge is 0.230 e. The Bertz CT molecular complexity index is 717. The van der Waals surface area contributed by atoms with E-state index < -0.39 is 0 Å². The zero-order valence-electron chi connectivity index (χ0n) is 15.3. The molecular formula is C20H26ClN3O2. The molecule has 3 aliphatic rings. The van der Waals surface area contributed by atoms with Crippen LogP contribution < -0.4 is 0 Å². The van der Waals surface area contributed by atoms with Crippen LogP contribution in [0.4, 0.5) is 0 Å². The summed E-state index contributed by atoms with van der Waals surface area (Å²) in [6, 6.07) is 5.55. The number of piperazine rings is 1. The van der Waals surface area contributed by atoms with Gasteiger partial charge in [-0.3, -0.25) is 9.59 Å². The van der Waals surface area contributed by atoms with Crippen molar-refractivity contribution >= 4 is 23.3 Å². The molecule has 140 valence electrons. The molecule has 26 heavy (non-hydrogen) atoms. The van der Waals surface area contributed by atoms with Crippen molar-refractivity contribution in [3.8, 4) is 0 Å². The summed E-state index contributed by atoms with van der Waals surface area (Å²) in [5.74, 6) is -0.206. The number of carbonyl (C=O) groups is 2. The van der Waals surface area contributed by atoms with E-state index in [4.69, 9.17) is 11.6 Å². The van der Waals surface area contributed by atoms with Gasteiger partial charge in [0.2, 0.25) is 5.91 Å². The van der Waals surface area contributed by atoms with Gasteiger partial charge in [0.05, 0.1) is 12.0 Å². The van der Waals surface area contributed by atoms with E-state index in [1.165, 1.54) is 12.8 Å². The van der Waals surface area contributed by atoms with Crippen LogP contribution in [-0.2, 0) is 4.79 Å². The largest absolute Gasteiger partial charge is 0.335 e. The lowest BCUT2D eigenvalue weighted by Gasteiger charge is -2.42. The molecule has 0 aromatic heterocycles. The number of benzene rings is 1. The van der Waals surface area contributed by atoms with Crippen LogP contribution in [0.25, 0.3) is 0 Å². The van der Waals surface area contributed by atoms with E-state index in [1.54, 1.807) is 12.1 Å². The van der Waals surface area contributed by atoms with Crippen molar-refractivity contribution in [2.75, 3.05) is 46.3 Å². The number of rotatable bonds is 3. The summed E-state index contributed by atoms with van der Waals surface area (Å²) in [7, 11) is 2.12. The highest BCUT2D eigenvalue weighted by Gasteiger charge is 2.40. The highest BCUT2D eigenvalue weighted by molar-refractivity contribution is 6.31. The number of hydrogen-bond donors (Lipinski definition) is 0. The maximum absolute atomic E-state index is 13.4. The number of hydrogen-bond acceptors (Lipinski definition) is 4. The number of Topliss-reactive ketones (excluding diaryl/α,β-unsaturated/α-hetero) is 1. The quantitative estimate of drug-likeness (QED) is 0.812. The van der Waals surface area contributed by atoms with Gasteiger partial charge in [-0.1, -0.05) is 17.7 Å². The number of ketones is 1. The first-order chi connectivity index (χ1) is 12.5. The molecule has 2 saturated heterocycles. The fraction of sp³-hybridized carbons (Fsp3) is 0.600. The second-order valence-electron chi connectivity index (χ2n) is 7.87. The number of likely N-dealkylation sites (N-methyl/N-ethyl adjacent to an activating group) is 1. The molecule has 1 aromatic rings. The van der Waals surface area contributed by atoms with E-state index in [2.05, 4.69) is 16.8 Å². The molecule has 0 saturated carbocycles. The molecule has 0 radical (unpaired) electrons. The van der Waals surface area contributed by atoms with Crippen molar-refractivity contribution in [3.63, 3.8) is 0 Å². The zero-order chi connectivity index (χ0) is 18.3. The minimum absolute atomic E-state index is 0.0334. The Hall–Kier alpha value is -1.43. The van der Waals surface area contributed by atoms with Gasteiger partial charge in [0, 0.05) is 43.2 Å². The molecule has 4 rings (SSSR count).